The Morgan fingerprint density at radius 2 is 1.69 bits per heavy atom. The van der Waals surface area contributed by atoms with Crippen molar-refractivity contribution in [3.05, 3.63) is 48.3 Å². The number of rotatable bonds is 5. The zero-order chi connectivity index (χ0) is 18.7. The molecular weight excluding hydrogens is 326 g/mol. The van der Waals surface area contributed by atoms with Crippen LogP contribution in [0.1, 0.15) is 26.3 Å². The van der Waals surface area contributed by atoms with Gasteiger partial charge in [-0.2, -0.15) is 0 Å². The Hall–Kier alpha value is -2.82. The Labute approximate surface area is 154 Å². The highest BCUT2D eigenvalue weighted by Crippen LogP contribution is 2.34. The van der Waals surface area contributed by atoms with Crippen molar-refractivity contribution in [3.8, 4) is 11.5 Å². The van der Waals surface area contributed by atoms with Crippen LogP contribution in [0.15, 0.2) is 42.7 Å². The Morgan fingerprint density at radius 3 is 2.38 bits per heavy atom. The fourth-order valence-electron chi connectivity index (χ4n) is 2.99. The van der Waals surface area contributed by atoms with Crippen LogP contribution in [0.25, 0.3) is 10.9 Å². The second-order valence-corrected chi connectivity index (χ2v) is 7.51. The molecule has 0 aliphatic heterocycles. The lowest BCUT2D eigenvalue weighted by Gasteiger charge is -2.19. The molecule has 0 saturated heterocycles. The number of ether oxygens (including phenoxy) is 2. The number of nitrogens with one attached hydrogen (secondary N) is 1. The first-order valence-corrected chi connectivity index (χ1v) is 8.62. The molecule has 2 aromatic carbocycles. The van der Waals surface area contributed by atoms with Gasteiger partial charge in [-0.05, 0) is 35.6 Å². The maximum Gasteiger partial charge on any atom is 0.162 e. The number of benzene rings is 2. The van der Waals surface area contributed by atoms with Crippen molar-refractivity contribution in [1.82, 2.24) is 9.97 Å². The van der Waals surface area contributed by atoms with Gasteiger partial charge >= 0.3 is 0 Å². The van der Waals surface area contributed by atoms with Crippen LogP contribution in [0, 0.1) is 5.41 Å². The number of hydrogen-bond donors (Lipinski definition) is 1. The monoisotopic (exact) mass is 351 g/mol. The predicted molar refractivity (Wildman–Crippen MR) is 106 cm³/mol. The quantitative estimate of drug-likeness (QED) is 0.702. The van der Waals surface area contributed by atoms with Gasteiger partial charge in [-0.25, -0.2) is 9.97 Å². The zero-order valence-corrected chi connectivity index (χ0v) is 16.0. The molecule has 0 radical (unpaired) electrons. The molecule has 3 aromatic rings. The Morgan fingerprint density at radius 1 is 0.962 bits per heavy atom. The van der Waals surface area contributed by atoms with E-state index in [1.165, 1.54) is 5.56 Å². The summed E-state index contributed by atoms with van der Waals surface area (Å²) in [5.74, 6) is 2.04. The molecule has 3 rings (SSSR count). The van der Waals surface area contributed by atoms with Crippen molar-refractivity contribution < 1.29 is 9.47 Å². The van der Waals surface area contributed by atoms with Crippen molar-refractivity contribution in [1.29, 1.82) is 0 Å². The van der Waals surface area contributed by atoms with E-state index in [4.69, 9.17) is 9.47 Å². The summed E-state index contributed by atoms with van der Waals surface area (Å²) in [5, 5.41) is 4.30. The number of nitrogens with zero attached hydrogens (tertiary/aromatic N) is 2. The van der Waals surface area contributed by atoms with Crippen molar-refractivity contribution in [2.75, 3.05) is 19.5 Å². The zero-order valence-electron chi connectivity index (χ0n) is 16.0. The summed E-state index contributed by atoms with van der Waals surface area (Å²) in [4.78, 5) is 8.77. The van der Waals surface area contributed by atoms with Crippen LogP contribution in [0.3, 0.4) is 0 Å². The Kier molecular flexibility index (Phi) is 4.98. The minimum absolute atomic E-state index is 0.240. The van der Waals surface area contributed by atoms with E-state index in [-0.39, 0.29) is 5.41 Å². The van der Waals surface area contributed by atoms with Crippen LogP contribution in [0.2, 0.25) is 0 Å². The summed E-state index contributed by atoms with van der Waals surface area (Å²) in [6.07, 6.45) is 2.56. The maximum atomic E-state index is 5.42. The standard InChI is InChI=1S/C21H25N3O2/c1-21(2,3)12-14-7-6-8-15(9-14)24-20-16-10-18(25-4)19(26-5)11-17(16)22-13-23-20/h6-11,13H,12H2,1-5H3,(H,22,23,24). The highest BCUT2D eigenvalue weighted by Gasteiger charge is 2.13. The van der Waals surface area contributed by atoms with E-state index in [0.29, 0.717) is 11.5 Å². The summed E-state index contributed by atoms with van der Waals surface area (Å²) >= 11 is 0. The SMILES string of the molecule is COc1cc2ncnc(Nc3cccc(CC(C)(C)C)c3)c2cc1OC. The topological polar surface area (TPSA) is 56.3 Å². The molecule has 5 heteroatoms. The van der Waals surface area contributed by atoms with Gasteiger partial charge in [-0.15, -0.1) is 0 Å². The highest BCUT2D eigenvalue weighted by molar-refractivity contribution is 5.93. The summed E-state index contributed by atoms with van der Waals surface area (Å²) in [7, 11) is 3.24. The van der Waals surface area contributed by atoms with Crippen LogP contribution < -0.4 is 14.8 Å². The Balaban J connectivity index is 1.97. The molecule has 0 fully saturated rings. The van der Waals surface area contributed by atoms with E-state index in [1.807, 2.05) is 18.2 Å². The number of anilines is 2. The van der Waals surface area contributed by atoms with Crippen LogP contribution in [0.5, 0.6) is 11.5 Å². The van der Waals surface area contributed by atoms with E-state index >= 15 is 0 Å². The van der Waals surface area contributed by atoms with Gasteiger partial charge in [0.15, 0.2) is 11.5 Å². The van der Waals surface area contributed by atoms with Crippen LogP contribution in [-0.2, 0) is 6.42 Å². The number of aromatic nitrogens is 2. The fraction of sp³-hybridized carbons (Fsp3) is 0.333. The van der Waals surface area contributed by atoms with Crippen molar-refractivity contribution in [2.24, 2.45) is 5.41 Å². The fourth-order valence-corrected chi connectivity index (χ4v) is 2.99. The minimum atomic E-state index is 0.240. The van der Waals surface area contributed by atoms with E-state index in [9.17, 15) is 0 Å². The van der Waals surface area contributed by atoms with Gasteiger partial charge < -0.3 is 14.8 Å². The average Bonchev–Trinajstić information content (AvgIpc) is 2.59. The molecule has 1 N–H and O–H groups in total. The molecule has 0 spiro atoms. The molecule has 0 saturated carbocycles. The molecule has 0 atom stereocenters. The lowest BCUT2D eigenvalue weighted by Crippen LogP contribution is -2.09. The normalized spacial score (nSPS) is 11.4. The van der Waals surface area contributed by atoms with Crippen molar-refractivity contribution >= 4 is 22.4 Å². The van der Waals surface area contributed by atoms with Crippen LogP contribution in [0.4, 0.5) is 11.5 Å². The van der Waals surface area contributed by atoms with Crippen molar-refractivity contribution in [2.45, 2.75) is 27.2 Å². The van der Waals surface area contributed by atoms with Gasteiger partial charge in [0.05, 0.1) is 19.7 Å². The van der Waals surface area contributed by atoms with Crippen LogP contribution in [-0.4, -0.2) is 24.2 Å². The molecular formula is C21H25N3O2. The predicted octanol–water partition coefficient (Wildman–Crippen LogP) is 4.98. The largest absolute Gasteiger partial charge is 0.493 e. The Bertz CT molecular complexity index is 917. The van der Waals surface area contributed by atoms with Gasteiger partial charge in [0, 0.05) is 17.1 Å². The number of hydrogen-bond acceptors (Lipinski definition) is 5. The lowest BCUT2D eigenvalue weighted by molar-refractivity contribution is 0.356. The first kappa shape index (κ1) is 18.0. The third kappa shape index (κ3) is 4.04. The van der Waals surface area contributed by atoms with Crippen molar-refractivity contribution in [3.63, 3.8) is 0 Å². The molecule has 136 valence electrons. The molecule has 5 nitrogen and oxygen atoms in total. The molecule has 0 amide bonds. The highest BCUT2D eigenvalue weighted by atomic mass is 16.5. The van der Waals surface area contributed by atoms with Gasteiger partial charge in [0.2, 0.25) is 0 Å². The van der Waals surface area contributed by atoms with Gasteiger partial charge in [-0.1, -0.05) is 32.9 Å². The number of methoxy groups -OCH3 is 2. The van der Waals surface area contributed by atoms with Crippen LogP contribution >= 0.6 is 0 Å². The summed E-state index contributed by atoms with van der Waals surface area (Å²) in [5.41, 5.74) is 3.33. The van der Waals surface area contributed by atoms with E-state index in [0.717, 1.165) is 28.8 Å². The van der Waals surface area contributed by atoms with E-state index in [2.05, 4.69) is 54.3 Å². The molecule has 0 aliphatic rings. The second-order valence-electron chi connectivity index (χ2n) is 7.51. The second kappa shape index (κ2) is 7.20. The van der Waals surface area contributed by atoms with Gasteiger partial charge in [0.1, 0.15) is 12.1 Å². The molecule has 1 aromatic heterocycles. The summed E-state index contributed by atoms with van der Waals surface area (Å²) < 4.78 is 10.8. The lowest BCUT2D eigenvalue weighted by atomic mass is 9.88. The summed E-state index contributed by atoms with van der Waals surface area (Å²) in [6.45, 7) is 6.72. The van der Waals surface area contributed by atoms with Gasteiger partial charge in [-0.3, -0.25) is 0 Å². The molecule has 0 unspecified atom stereocenters. The van der Waals surface area contributed by atoms with E-state index in [1.54, 1.807) is 20.5 Å². The average molecular weight is 351 g/mol. The first-order chi connectivity index (χ1) is 12.4. The molecule has 0 aliphatic carbocycles. The summed E-state index contributed by atoms with van der Waals surface area (Å²) in [6, 6.07) is 12.2. The third-order valence-corrected chi connectivity index (χ3v) is 4.06. The third-order valence-electron chi connectivity index (χ3n) is 4.06. The minimum Gasteiger partial charge on any atom is -0.493 e. The van der Waals surface area contributed by atoms with Gasteiger partial charge in [0.25, 0.3) is 0 Å². The number of fused-ring (bicyclic) bond motifs is 1. The smallest absolute Gasteiger partial charge is 0.162 e. The molecule has 0 bridgehead atoms. The molecule has 26 heavy (non-hydrogen) atoms. The molecule has 1 heterocycles. The first-order valence-electron chi connectivity index (χ1n) is 8.62. The maximum absolute atomic E-state index is 5.42. The van der Waals surface area contributed by atoms with E-state index < -0.39 is 0 Å².